The third kappa shape index (κ3) is 6.35. The number of hydrogen-bond donors (Lipinski definition) is 1. The number of morpholine rings is 1. The van der Waals surface area contributed by atoms with E-state index in [1.165, 1.54) is 12.4 Å². The van der Waals surface area contributed by atoms with Gasteiger partial charge < -0.3 is 19.7 Å². The highest BCUT2D eigenvalue weighted by Gasteiger charge is 2.39. The molecule has 1 aliphatic carbocycles. The molecule has 4 unspecified atom stereocenters. The molecule has 0 radical (unpaired) electrons. The molecule has 12 heteroatoms. The molecule has 0 bridgehead atoms. The summed E-state index contributed by atoms with van der Waals surface area (Å²) in [5, 5.41) is 3.11. The lowest BCUT2D eigenvalue weighted by molar-refractivity contribution is -0.145. The minimum atomic E-state index is -4.60. The Balaban J connectivity index is 1.26. The summed E-state index contributed by atoms with van der Waals surface area (Å²) in [7, 11) is 0. The van der Waals surface area contributed by atoms with Crippen molar-refractivity contribution in [2.75, 3.05) is 59.2 Å². The molecule has 0 aromatic carbocycles. The molecule has 1 saturated carbocycles. The quantitative estimate of drug-likeness (QED) is 0.618. The van der Waals surface area contributed by atoms with Gasteiger partial charge in [0.1, 0.15) is 5.84 Å². The van der Waals surface area contributed by atoms with Crippen molar-refractivity contribution in [2.45, 2.75) is 43.9 Å². The fourth-order valence-electron chi connectivity index (χ4n) is 5.83. The smallest absolute Gasteiger partial charge is 0.380 e. The molecule has 4 heterocycles. The molecule has 1 aromatic heterocycles. The van der Waals surface area contributed by atoms with Crippen molar-refractivity contribution in [3.05, 3.63) is 35.9 Å². The highest BCUT2D eigenvalue weighted by molar-refractivity contribution is 5.94. The van der Waals surface area contributed by atoms with E-state index in [2.05, 4.69) is 31.2 Å². The van der Waals surface area contributed by atoms with Gasteiger partial charge in [0.2, 0.25) is 11.7 Å². The monoisotopic (exact) mass is 536 g/mol. The van der Waals surface area contributed by atoms with Crippen LogP contribution in [-0.4, -0.2) is 96.7 Å². The summed E-state index contributed by atoms with van der Waals surface area (Å²) in [4.78, 5) is 30.0. The van der Waals surface area contributed by atoms with E-state index in [0.717, 1.165) is 44.6 Å². The summed E-state index contributed by atoms with van der Waals surface area (Å²) in [6.07, 6.45) is 5.47. The minimum Gasteiger partial charge on any atom is -0.380 e. The SMILES string of the molecule is O=C(NCC(c1cnc(C(F)(F)F)nc1)N1CCCOCC1)C1CCCC2N=C(N3CCOCC3)C=CC21. The van der Waals surface area contributed by atoms with Crippen LogP contribution in [0.5, 0.6) is 0 Å². The Hall–Kier alpha value is -2.57. The molecule has 3 fully saturated rings. The van der Waals surface area contributed by atoms with E-state index in [9.17, 15) is 18.0 Å². The number of carbonyl (C=O) groups excluding carboxylic acids is 1. The number of carbonyl (C=O) groups is 1. The van der Waals surface area contributed by atoms with Crippen LogP contribution < -0.4 is 5.32 Å². The van der Waals surface area contributed by atoms with Crippen molar-refractivity contribution in [3.8, 4) is 0 Å². The summed E-state index contributed by atoms with van der Waals surface area (Å²) in [6.45, 7) is 5.75. The topological polar surface area (TPSA) is 92.2 Å². The maximum atomic E-state index is 13.5. The lowest BCUT2D eigenvalue weighted by Gasteiger charge is -2.38. The third-order valence-electron chi connectivity index (χ3n) is 7.84. The molecule has 4 aliphatic rings. The number of halogens is 3. The van der Waals surface area contributed by atoms with Crippen LogP contribution in [0.2, 0.25) is 0 Å². The Morgan fingerprint density at radius 2 is 1.76 bits per heavy atom. The first-order valence-electron chi connectivity index (χ1n) is 13.5. The Kier molecular flexibility index (Phi) is 8.59. The van der Waals surface area contributed by atoms with Gasteiger partial charge in [0.05, 0.1) is 31.9 Å². The molecule has 38 heavy (non-hydrogen) atoms. The van der Waals surface area contributed by atoms with E-state index in [4.69, 9.17) is 14.5 Å². The molecule has 208 valence electrons. The van der Waals surface area contributed by atoms with Crippen LogP contribution in [0.4, 0.5) is 13.2 Å². The number of dihydropyridines is 1. The van der Waals surface area contributed by atoms with E-state index >= 15 is 0 Å². The van der Waals surface area contributed by atoms with Gasteiger partial charge in [-0.1, -0.05) is 12.5 Å². The summed E-state index contributed by atoms with van der Waals surface area (Å²) in [5.74, 6) is -0.401. The lowest BCUT2D eigenvalue weighted by Crippen LogP contribution is -2.47. The normalized spacial score (nSPS) is 27.7. The molecule has 1 amide bonds. The molecule has 1 N–H and O–H groups in total. The van der Waals surface area contributed by atoms with Crippen LogP contribution in [0, 0.1) is 11.8 Å². The van der Waals surface area contributed by atoms with Crippen molar-refractivity contribution in [1.82, 2.24) is 25.1 Å². The van der Waals surface area contributed by atoms with E-state index in [-0.39, 0.29) is 36.4 Å². The number of fused-ring (bicyclic) bond motifs is 1. The largest absolute Gasteiger partial charge is 0.451 e. The van der Waals surface area contributed by atoms with E-state index < -0.39 is 12.0 Å². The number of ether oxygens (including phenoxy) is 2. The number of alkyl halides is 3. The molecular weight excluding hydrogens is 501 g/mol. The van der Waals surface area contributed by atoms with Crippen molar-refractivity contribution in [3.63, 3.8) is 0 Å². The zero-order chi connectivity index (χ0) is 26.5. The maximum absolute atomic E-state index is 13.5. The number of nitrogens with zero attached hydrogens (tertiary/aromatic N) is 5. The second kappa shape index (κ2) is 12.1. The van der Waals surface area contributed by atoms with Crippen LogP contribution >= 0.6 is 0 Å². The summed E-state index contributed by atoms with van der Waals surface area (Å²) < 4.78 is 50.1. The van der Waals surface area contributed by atoms with Gasteiger partial charge in [-0.2, -0.15) is 13.2 Å². The van der Waals surface area contributed by atoms with Crippen LogP contribution in [-0.2, 0) is 20.4 Å². The van der Waals surface area contributed by atoms with E-state index in [1.807, 2.05) is 6.08 Å². The maximum Gasteiger partial charge on any atom is 0.451 e. The number of hydrogen-bond acceptors (Lipinski definition) is 8. The first-order valence-corrected chi connectivity index (χ1v) is 13.5. The standard InChI is InChI=1S/C26H35F3N6O3/c27-26(28,29)25-31-15-18(16-32-25)22(34-7-2-11-37-12-8-34)17-30-24(36)20-3-1-4-21-19(20)5-6-23(33-21)35-9-13-38-14-10-35/h5-6,15-16,19-22H,1-4,7-14,17H2,(H,30,36). The Morgan fingerprint density at radius 3 is 2.53 bits per heavy atom. The van der Waals surface area contributed by atoms with E-state index in [1.54, 1.807) is 0 Å². The second-order valence-electron chi connectivity index (χ2n) is 10.2. The number of rotatable bonds is 5. The molecule has 3 aliphatic heterocycles. The van der Waals surface area contributed by atoms with Gasteiger partial charge in [0, 0.05) is 69.1 Å². The van der Waals surface area contributed by atoms with Gasteiger partial charge in [0.15, 0.2) is 0 Å². The average Bonchev–Trinajstić information content (AvgIpc) is 3.22. The first kappa shape index (κ1) is 27.0. The Labute approximate surface area is 220 Å². The summed E-state index contributed by atoms with van der Waals surface area (Å²) in [6, 6.07) is -0.278. The van der Waals surface area contributed by atoms with Gasteiger partial charge in [-0.15, -0.1) is 0 Å². The number of amides is 1. The highest BCUT2D eigenvalue weighted by Crippen LogP contribution is 2.36. The fourth-order valence-corrected chi connectivity index (χ4v) is 5.83. The predicted molar refractivity (Wildman–Crippen MR) is 133 cm³/mol. The van der Waals surface area contributed by atoms with Crippen LogP contribution in [0.3, 0.4) is 0 Å². The van der Waals surface area contributed by atoms with Gasteiger partial charge in [-0.05, 0) is 25.3 Å². The first-order chi connectivity index (χ1) is 18.4. The van der Waals surface area contributed by atoms with Crippen molar-refractivity contribution >= 4 is 11.7 Å². The third-order valence-corrected chi connectivity index (χ3v) is 7.84. The van der Waals surface area contributed by atoms with Crippen molar-refractivity contribution in [1.29, 1.82) is 0 Å². The number of aromatic nitrogens is 2. The predicted octanol–water partition coefficient (Wildman–Crippen LogP) is 2.46. The molecule has 5 rings (SSSR count). The molecule has 1 aromatic rings. The van der Waals surface area contributed by atoms with Crippen molar-refractivity contribution in [2.24, 2.45) is 16.8 Å². The minimum absolute atomic E-state index is 0.0352. The van der Waals surface area contributed by atoms with Crippen LogP contribution in [0.1, 0.15) is 43.1 Å². The molecule has 0 spiro atoms. The van der Waals surface area contributed by atoms with Crippen molar-refractivity contribution < 1.29 is 27.4 Å². The molecule has 2 saturated heterocycles. The van der Waals surface area contributed by atoms with Crippen LogP contribution in [0.15, 0.2) is 29.5 Å². The zero-order valence-corrected chi connectivity index (χ0v) is 21.4. The number of aliphatic imine (C=N–C) groups is 1. The highest BCUT2D eigenvalue weighted by atomic mass is 19.4. The number of amidine groups is 1. The van der Waals surface area contributed by atoms with E-state index in [0.29, 0.717) is 45.1 Å². The summed E-state index contributed by atoms with van der Waals surface area (Å²) >= 11 is 0. The van der Waals surface area contributed by atoms with Gasteiger partial charge in [-0.3, -0.25) is 14.7 Å². The van der Waals surface area contributed by atoms with Gasteiger partial charge >= 0.3 is 6.18 Å². The molecule has 4 atom stereocenters. The Morgan fingerprint density at radius 1 is 1.03 bits per heavy atom. The summed E-state index contributed by atoms with van der Waals surface area (Å²) in [5.41, 5.74) is 0.541. The average molecular weight is 537 g/mol. The fraction of sp³-hybridized carbons (Fsp3) is 0.692. The molecule has 9 nitrogen and oxygen atoms in total. The second-order valence-corrected chi connectivity index (χ2v) is 10.2. The van der Waals surface area contributed by atoms with Gasteiger partial charge in [-0.25, -0.2) is 9.97 Å². The lowest BCUT2D eigenvalue weighted by atomic mass is 9.74. The number of nitrogens with one attached hydrogen (secondary N) is 1. The van der Waals surface area contributed by atoms with Gasteiger partial charge in [0.25, 0.3) is 0 Å². The Bertz CT molecular complexity index is 1000. The zero-order valence-electron chi connectivity index (χ0n) is 21.4. The van der Waals surface area contributed by atoms with Crippen LogP contribution in [0.25, 0.3) is 0 Å². The molecular formula is C26H35F3N6O3.